The SMILES string of the molecule is CCCC(C)N(CCCCNC)CC(C)CC. The van der Waals surface area contributed by atoms with E-state index in [9.17, 15) is 0 Å². The molecular formula is C15H34N2. The molecule has 0 aliphatic rings. The number of nitrogens with one attached hydrogen (secondary N) is 1. The van der Waals surface area contributed by atoms with Crippen molar-refractivity contribution in [1.82, 2.24) is 10.2 Å². The van der Waals surface area contributed by atoms with Gasteiger partial charge in [-0.3, -0.25) is 0 Å². The maximum Gasteiger partial charge on any atom is 0.00669 e. The second-order valence-corrected chi connectivity index (χ2v) is 5.46. The largest absolute Gasteiger partial charge is 0.320 e. The molecule has 104 valence electrons. The highest BCUT2D eigenvalue weighted by molar-refractivity contribution is 4.69. The van der Waals surface area contributed by atoms with Gasteiger partial charge in [0.1, 0.15) is 0 Å². The fourth-order valence-electron chi connectivity index (χ4n) is 2.24. The summed E-state index contributed by atoms with van der Waals surface area (Å²) in [6.07, 6.45) is 6.56. The Morgan fingerprint density at radius 1 is 1.12 bits per heavy atom. The van der Waals surface area contributed by atoms with Crippen molar-refractivity contribution >= 4 is 0 Å². The van der Waals surface area contributed by atoms with Crippen molar-refractivity contribution in [2.24, 2.45) is 5.92 Å². The van der Waals surface area contributed by atoms with Crippen molar-refractivity contribution in [2.45, 2.75) is 65.8 Å². The third-order valence-corrected chi connectivity index (χ3v) is 3.70. The van der Waals surface area contributed by atoms with Gasteiger partial charge in [0.25, 0.3) is 0 Å². The van der Waals surface area contributed by atoms with Gasteiger partial charge in [0.05, 0.1) is 0 Å². The smallest absolute Gasteiger partial charge is 0.00669 e. The van der Waals surface area contributed by atoms with Gasteiger partial charge in [0.2, 0.25) is 0 Å². The number of unbranched alkanes of at least 4 members (excludes halogenated alkanes) is 1. The van der Waals surface area contributed by atoms with Crippen LogP contribution in [0.2, 0.25) is 0 Å². The first-order valence-electron chi connectivity index (χ1n) is 7.54. The number of nitrogens with zero attached hydrogens (tertiary/aromatic N) is 1. The quantitative estimate of drug-likeness (QED) is 0.558. The Morgan fingerprint density at radius 3 is 2.35 bits per heavy atom. The minimum atomic E-state index is 0.753. The average Bonchev–Trinajstić information content (AvgIpc) is 2.33. The van der Waals surface area contributed by atoms with Crippen LogP contribution in [0.4, 0.5) is 0 Å². The number of hydrogen-bond donors (Lipinski definition) is 1. The molecule has 0 spiro atoms. The van der Waals surface area contributed by atoms with Crippen molar-refractivity contribution in [2.75, 3.05) is 26.7 Å². The highest BCUT2D eigenvalue weighted by Gasteiger charge is 2.14. The molecule has 0 heterocycles. The van der Waals surface area contributed by atoms with Crippen molar-refractivity contribution < 1.29 is 0 Å². The lowest BCUT2D eigenvalue weighted by atomic mass is 10.1. The van der Waals surface area contributed by atoms with Crippen LogP contribution in [0.25, 0.3) is 0 Å². The number of hydrogen-bond acceptors (Lipinski definition) is 2. The molecule has 2 unspecified atom stereocenters. The molecule has 0 fully saturated rings. The summed E-state index contributed by atoms with van der Waals surface area (Å²) in [5.41, 5.74) is 0. The summed E-state index contributed by atoms with van der Waals surface area (Å²) in [4.78, 5) is 2.70. The fourth-order valence-corrected chi connectivity index (χ4v) is 2.24. The van der Waals surface area contributed by atoms with Gasteiger partial charge in [-0.15, -0.1) is 0 Å². The zero-order valence-corrected chi connectivity index (χ0v) is 12.8. The van der Waals surface area contributed by atoms with Crippen LogP contribution in [-0.4, -0.2) is 37.6 Å². The van der Waals surface area contributed by atoms with E-state index in [2.05, 4.69) is 37.9 Å². The van der Waals surface area contributed by atoms with E-state index in [-0.39, 0.29) is 0 Å². The standard InChI is InChI=1S/C15H34N2/c1-6-10-15(4)17(13-14(3)7-2)12-9-8-11-16-5/h14-16H,6-13H2,1-5H3. The monoisotopic (exact) mass is 242 g/mol. The fraction of sp³-hybridized carbons (Fsp3) is 1.00. The molecule has 0 bridgehead atoms. The Balaban J connectivity index is 4.00. The number of rotatable bonds is 11. The summed E-state index contributed by atoms with van der Waals surface area (Å²) in [5, 5.41) is 3.23. The third kappa shape index (κ3) is 8.62. The summed E-state index contributed by atoms with van der Waals surface area (Å²) < 4.78 is 0. The van der Waals surface area contributed by atoms with E-state index in [0.29, 0.717) is 0 Å². The van der Waals surface area contributed by atoms with Crippen LogP contribution in [-0.2, 0) is 0 Å². The first kappa shape index (κ1) is 16.9. The van der Waals surface area contributed by atoms with E-state index in [0.717, 1.165) is 18.5 Å². The molecule has 2 nitrogen and oxygen atoms in total. The molecular weight excluding hydrogens is 208 g/mol. The van der Waals surface area contributed by atoms with E-state index >= 15 is 0 Å². The molecule has 0 rings (SSSR count). The second-order valence-electron chi connectivity index (χ2n) is 5.46. The summed E-state index contributed by atoms with van der Waals surface area (Å²) in [6.45, 7) is 13.1. The first-order valence-corrected chi connectivity index (χ1v) is 7.54. The zero-order valence-electron chi connectivity index (χ0n) is 12.8. The average molecular weight is 242 g/mol. The summed E-state index contributed by atoms with van der Waals surface area (Å²) in [6, 6.07) is 0.753. The molecule has 0 saturated carbocycles. The zero-order chi connectivity index (χ0) is 13.1. The molecule has 17 heavy (non-hydrogen) atoms. The van der Waals surface area contributed by atoms with Gasteiger partial charge in [-0.05, 0) is 52.2 Å². The van der Waals surface area contributed by atoms with Gasteiger partial charge in [-0.2, -0.15) is 0 Å². The van der Waals surface area contributed by atoms with Crippen LogP contribution in [0.5, 0.6) is 0 Å². The Kier molecular flexibility index (Phi) is 11.0. The normalized spacial score (nSPS) is 15.2. The van der Waals surface area contributed by atoms with Gasteiger partial charge in [0.15, 0.2) is 0 Å². The lowest BCUT2D eigenvalue weighted by Gasteiger charge is -2.31. The minimum absolute atomic E-state index is 0.753. The maximum atomic E-state index is 3.23. The van der Waals surface area contributed by atoms with E-state index in [1.807, 2.05) is 7.05 Å². The van der Waals surface area contributed by atoms with Crippen LogP contribution in [0.3, 0.4) is 0 Å². The third-order valence-electron chi connectivity index (χ3n) is 3.70. The van der Waals surface area contributed by atoms with E-state index in [1.165, 1.54) is 45.2 Å². The molecule has 0 aromatic rings. The summed E-state index contributed by atoms with van der Waals surface area (Å²) in [5.74, 6) is 0.832. The molecule has 0 aromatic heterocycles. The predicted octanol–water partition coefficient (Wildman–Crippen LogP) is 3.52. The molecule has 0 aliphatic heterocycles. The van der Waals surface area contributed by atoms with E-state index < -0.39 is 0 Å². The molecule has 2 heteroatoms. The van der Waals surface area contributed by atoms with Crippen LogP contribution in [0.15, 0.2) is 0 Å². The topological polar surface area (TPSA) is 15.3 Å². The Hall–Kier alpha value is -0.0800. The van der Waals surface area contributed by atoms with E-state index in [4.69, 9.17) is 0 Å². The molecule has 0 radical (unpaired) electrons. The van der Waals surface area contributed by atoms with Crippen LogP contribution >= 0.6 is 0 Å². The van der Waals surface area contributed by atoms with Crippen LogP contribution in [0, 0.1) is 5.92 Å². The van der Waals surface area contributed by atoms with Crippen molar-refractivity contribution in [3.05, 3.63) is 0 Å². The highest BCUT2D eigenvalue weighted by Crippen LogP contribution is 2.12. The summed E-state index contributed by atoms with van der Waals surface area (Å²) in [7, 11) is 2.04. The Labute approximate surface area is 109 Å². The van der Waals surface area contributed by atoms with Gasteiger partial charge < -0.3 is 10.2 Å². The minimum Gasteiger partial charge on any atom is -0.320 e. The summed E-state index contributed by atoms with van der Waals surface area (Å²) >= 11 is 0. The predicted molar refractivity (Wildman–Crippen MR) is 78.6 cm³/mol. The van der Waals surface area contributed by atoms with E-state index in [1.54, 1.807) is 0 Å². The van der Waals surface area contributed by atoms with Crippen molar-refractivity contribution in [1.29, 1.82) is 0 Å². The molecule has 0 aromatic carbocycles. The Morgan fingerprint density at radius 2 is 1.82 bits per heavy atom. The first-order chi connectivity index (χ1) is 8.15. The lowest BCUT2D eigenvalue weighted by molar-refractivity contribution is 0.168. The van der Waals surface area contributed by atoms with Crippen LogP contribution < -0.4 is 5.32 Å². The highest BCUT2D eigenvalue weighted by atomic mass is 15.1. The van der Waals surface area contributed by atoms with Gasteiger partial charge in [-0.1, -0.05) is 33.6 Å². The van der Waals surface area contributed by atoms with Crippen molar-refractivity contribution in [3.63, 3.8) is 0 Å². The van der Waals surface area contributed by atoms with Gasteiger partial charge in [0, 0.05) is 12.6 Å². The lowest BCUT2D eigenvalue weighted by Crippen LogP contribution is -2.37. The molecule has 1 N–H and O–H groups in total. The Bertz CT molecular complexity index is 159. The van der Waals surface area contributed by atoms with Crippen molar-refractivity contribution in [3.8, 4) is 0 Å². The van der Waals surface area contributed by atoms with Crippen LogP contribution in [0.1, 0.15) is 59.8 Å². The molecule has 0 amide bonds. The van der Waals surface area contributed by atoms with Gasteiger partial charge >= 0.3 is 0 Å². The second kappa shape index (κ2) is 11.0. The maximum absolute atomic E-state index is 3.23. The molecule has 2 atom stereocenters. The molecule has 0 saturated heterocycles. The van der Waals surface area contributed by atoms with Gasteiger partial charge in [-0.25, -0.2) is 0 Å². The molecule has 0 aliphatic carbocycles.